The van der Waals surface area contributed by atoms with E-state index in [0.29, 0.717) is 11.3 Å². The summed E-state index contributed by atoms with van der Waals surface area (Å²) in [5, 5.41) is 16.3. The van der Waals surface area contributed by atoms with Gasteiger partial charge in [0.25, 0.3) is 0 Å². The van der Waals surface area contributed by atoms with E-state index in [9.17, 15) is 9.18 Å². The maximum atomic E-state index is 13.5. The number of anilines is 1. The number of aryl methyl sites for hydroxylation is 1. The lowest BCUT2D eigenvalue weighted by atomic mass is 10.2. The Kier molecular flexibility index (Phi) is 4.46. The van der Waals surface area contributed by atoms with Crippen LogP contribution in [0.15, 0.2) is 48.8 Å². The number of aromatic nitrogens is 4. The van der Waals surface area contributed by atoms with Crippen molar-refractivity contribution in [3.8, 4) is 5.69 Å². The third-order valence-corrected chi connectivity index (χ3v) is 3.48. The molecular weight excluding hydrogens is 311 g/mol. The van der Waals surface area contributed by atoms with Crippen molar-refractivity contribution in [3.63, 3.8) is 0 Å². The minimum absolute atomic E-state index is 0.101. The number of halogens is 1. The van der Waals surface area contributed by atoms with Crippen molar-refractivity contribution < 1.29 is 9.18 Å². The molecule has 1 aromatic heterocycles. The van der Waals surface area contributed by atoms with E-state index in [4.69, 9.17) is 0 Å². The van der Waals surface area contributed by atoms with Gasteiger partial charge in [-0.3, -0.25) is 0 Å². The van der Waals surface area contributed by atoms with Crippen molar-refractivity contribution in [2.24, 2.45) is 0 Å². The molecule has 2 N–H and O–H groups in total. The van der Waals surface area contributed by atoms with Crippen LogP contribution in [0, 0.1) is 12.7 Å². The molecule has 24 heavy (non-hydrogen) atoms. The molecule has 3 aromatic rings. The van der Waals surface area contributed by atoms with Gasteiger partial charge in [0.1, 0.15) is 12.1 Å². The minimum atomic E-state index is -0.421. The van der Waals surface area contributed by atoms with E-state index in [0.717, 1.165) is 11.3 Å². The summed E-state index contributed by atoms with van der Waals surface area (Å²) in [6.07, 6.45) is 1.46. The van der Waals surface area contributed by atoms with Crippen LogP contribution in [0.3, 0.4) is 0 Å². The zero-order valence-corrected chi connectivity index (χ0v) is 12.9. The molecule has 1 heterocycles. The monoisotopic (exact) mass is 326 g/mol. The Bertz CT molecular complexity index is 850. The molecule has 0 unspecified atom stereocenters. The maximum Gasteiger partial charge on any atom is 0.319 e. The van der Waals surface area contributed by atoms with Crippen LogP contribution in [0.2, 0.25) is 0 Å². The van der Waals surface area contributed by atoms with Crippen LogP contribution < -0.4 is 10.6 Å². The van der Waals surface area contributed by atoms with Crippen molar-refractivity contribution in [1.29, 1.82) is 0 Å². The number of hydrogen-bond acceptors (Lipinski definition) is 4. The molecule has 0 aliphatic rings. The average Bonchev–Trinajstić information content (AvgIpc) is 3.11. The van der Waals surface area contributed by atoms with E-state index >= 15 is 0 Å². The smallest absolute Gasteiger partial charge is 0.319 e. The predicted molar refractivity (Wildman–Crippen MR) is 86.1 cm³/mol. The molecule has 0 radical (unpaired) electrons. The first kappa shape index (κ1) is 15.6. The van der Waals surface area contributed by atoms with Crippen LogP contribution in [0.1, 0.15) is 11.1 Å². The molecule has 0 bridgehead atoms. The molecule has 7 nitrogen and oxygen atoms in total. The van der Waals surface area contributed by atoms with Crippen molar-refractivity contribution >= 4 is 11.7 Å². The van der Waals surface area contributed by atoms with Gasteiger partial charge in [-0.1, -0.05) is 24.3 Å². The number of benzene rings is 2. The Morgan fingerprint density at radius 3 is 2.83 bits per heavy atom. The van der Waals surface area contributed by atoms with Crippen LogP contribution in [-0.4, -0.2) is 26.2 Å². The first-order valence-corrected chi connectivity index (χ1v) is 7.26. The molecule has 122 valence electrons. The summed E-state index contributed by atoms with van der Waals surface area (Å²) in [5.41, 5.74) is 2.64. The Balaban J connectivity index is 1.68. The fourth-order valence-electron chi connectivity index (χ4n) is 2.15. The number of rotatable bonds is 4. The number of carbonyl (C=O) groups excluding carboxylic acids is 1. The molecule has 2 amide bonds. The molecular formula is C16H15FN6O. The lowest BCUT2D eigenvalue weighted by Crippen LogP contribution is -2.28. The highest BCUT2D eigenvalue weighted by Crippen LogP contribution is 2.18. The van der Waals surface area contributed by atoms with Gasteiger partial charge in [-0.15, -0.1) is 5.10 Å². The van der Waals surface area contributed by atoms with E-state index in [-0.39, 0.29) is 12.4 Å². The van der Waals surface area contributed by atoms with Crippen molar-refractivity contribution in [2.45, 2.75) is 13.5 Å². The van der Waals surface area contributed by atoms with Crippen molar-refractivity contribution in [3.05, 3.63) is 65.7 Å². The molecule has 2 aromatic carbocycles. The first-order chi connectivity index (χ1) is 11.6. The minimum Gasteiger partial charge on any atom is -0.334 e. The second kappa shape index (κ2) is 6.86. The predicted octanol–water partition coefficient (Wildman–Crippen LogP) is 2.43. The molecule has 0 fully saturated rings. The van der Waals surface area contributed by atoms with E-state index < -0.39 is 6.03 Å². The summed E-state index contributed by atoms with van der Waals surface area (Å²) in [6, 6.07) is 11.3. The summed E-state index contributed by atoms with van der Waals surface area (Å²) in [6.45, 7) is 1.97. The number of amides is 2. The molecule has 0 saturated carbocycles. The van der Waals surface area contributed by atoms with Crippen LogP contribution >= 0.6 is 0 Å². The Morgan fingerprint density at radius 1 is 1.25 bits per heavy atom. The second-order valence-electron chi connectivity index (χ2n) is 5.15. The highest BCUT2D eigenvalue weighted by atomic mass is 19.1. The summed E-state index contributed by atoms with van der Waals surface area (Å²) < 4.78 is 15.0. The quantitative estimate of drug-likeness (QED) is 0.771. The summed E-state index contributed by atoms with van der Waals surface area (Å²) in [7, 11) is 0. The molecule has 0 saturated heterocycles. The molecule has 8 heteroatoms. The highest BCUT2D eigenvalue weighted by molar-refractivity contribution is 5.90. The largest absolute Gasteiger partial charge is 0.334 e. The molecule has 0 atom stereocenters. The van der Waals surface area contributed by atoms with Gasteiger partial charge in [0.15, 0.2) is 0 Å². The average molecular weight is 326 g/mol. The summed E-state index contributed by atoms with van der Waals surface area (Å²) >= 11 is 0. The summed E-state index contributed by atoms with van der Waals surface area (Å²) in [5.74, 6) is -0.352. The van der Waals surface area contributed by atoms with Crippen molar-refractivity contribution in [2.75, 3.05) is 5.32 Å². The van der Waals surface area contributed by atoms with Gasteiger partial charge in [0.05, 0.1) is 5.69 Å². The number of nitrogens with one attached hydrogen (secondary N) is 2. The van der Waals surface area contributed by atoms with Crippen LogP contribution in [-0.2, 0) is 6.54 Å². The third kappa shape index (κ3) is 3.54. The van der Waals surface area contributed by atoms with Gasteiger partial charge in [0, 0.05) is 17.8 Å². The SMILES string of the molecule is Cc1ccc(-n2cnnn2)cc1NC(=O)NCc1ccccc1F. The van der Waals surface area contributed by atoms with E-state index in [1.807, 2.05) is 19.1 Å². The first-order valence-electron chi connectivity index (χ1n) is 7.26. The van der Waals surface area contributed by atoms with E-state index in [1.54, 1.807) is 24.3 Å². The molecule has 0 aliphatic heterocycles. The number of nitrogens with zero attached hydrogens (tertiary/aromatic N) is 4. The molecule has 0 aliphatic carbocycles. The highest BCUT2D eigenvalue weighted by Gasteiger charge is 2.08. The fraction of sp³-hybridized carbons (Fsp3) is 0.125. The van der Waals surface area contributed by atoms with Gasteiger partial charge >= 0.3 is 6.03 Å². The molecule has 3 rings (SSSR count). The van der Waals surface area contributed by atoms with Crippen LogP contribution in [0.5, 0.6) is 0 Å². The van der Waals surface area contributed by atoms with Crippen LogP contribution in [0.4, 0.5) is 14.9 Å². The second-order valence-corrected chi connectivity index (χ2v) is 5.15. The maximum absolute atomic E-state index is 13.5. The van der Waals surface area contributed by atoms with E-state index in [1.165, 1.54) is 17.1 Å². The van der Waals surface area contributed by atoms with Gasteiger partial charge in [-0.2, -0.15) is 0 Å². The number of urea groups is 1. The van der Waals surface area contributed by atoms with Gasteiger partial charge in [-0.25, -0.2) is 13.9 Å². The standard InChI is InChI=1S/C16H15FN6O/c1-11-6-7-13(23-10-19-21-22-23)8-15(11)20-16(24)18-9-12-4-2-3-5-14(12)17/h2-8,10H,9H2,1H3,(H2,18,20,24). The topological polar surface area (TPSA) is 84.7 Å². The van der Waals surface area contributed by atoms with Crippen molar-refractivity contribution in [1.82, 2.24) is 25.5 Å². The zero-order valence-electron chi connectivity index (χ0n) is 12.9. The van der Waals surface area contributed by atoms with Gasteiger partial charge in [0.2, 0.25) is 0 Å². The Hall–Kier alpha value is -3.29. The lowest BCUT2D eigenvalue weighted by Gasteiger charge is -2.11. The normalized spacial score (nSPS) is 10.4. The van der Waals surface area contributed by atoms with Gasteiger partial charge < -0.3 is 10.6 Å². The zero-order chi connectivity index (χ0) is 16.9. The Morgan fingerprint density at radius 2 is 2.08 bits per heavy atom. The Labute approximate surface area is 137 Å². The number of carbonyl (C=O) groups is 1. The number of hydrogen-bond donors (Lipinski definition) is 2. The lowest BCUT2D eigenvalue weighted by molar-refractivity contribution is 0.251. The van der Waals surface area contributed by atoms with Crippen LogP contribution in [0.25, 0.3) is 5.69 Å². The third-order valence-electron chi connectivity index (χ3n) is 3.48. The van der Waals surface area contributed by atoms with E-state index in [2.05, 4.69) is 26.2 Å². The molecule has 0 spiro atoms. The fourth-order valence-corrected chi connectivity index (χ4v) is 2.15. The summed E-state index contributed by atoms with van der Waals surface area (Å²) in [4.78, 5) is 12.1. The van der Waals surface area contributed by atoms with Gasteiger partial charge in [-0.05, 0) is 41.1 Å². The number of tetrazole rings is 1.